The van der Waals surface area contributed by atoms with E-state index in [2.05, 4.69) is 4.72 Å². The third kappa shape index (κ3) is 2.64. The SMILES string of the molecule is CNS(=O)(=O)c1ccc2c(c1)CCN2C(=O)C(OC)C1CC1. The largest absolute Gasteiger partial charge is 0.371 e. The van der Waals surface area contributed by atoms with E-state index in [1.807, 2.05) is 0 Å². The normalized spacial score (nSPS) is 19.1. The van der Waals surface area contributed by atoms with Gasteiger partial charge in [0.15, 0.2) is 0 Å². The fraction of sp³-hybridized carbons (Fsp3) is 0.533. The standard InChI is InChI=1S/C15H20N2O4S/c1-16-22(19,20)12-5-6-13-11(9-12)7-8-17(13)15(18)14(21-2)10-3-4-10/h5-6,9-10,14,16H,3-4,7-8H2,1-2H3. The predicted octanol–water partition coefficient (Wildman–Crippen LogP) is 0.909. The van der Waals surface area contributed by atoms with E-state index in [0.29, 0.717) is 18.9 Å². The molecule has 120 valence electrons. The summed E-state index contributed by atoms with van der Waals surface area (Å²) in [5, 5.41) is 0. The first-order valence-electron chi connectivity index (χ1n) is 7.38. The number of benzene rings is 1. The second-order valence-corrected chi connectivity index (χ2v) is 7.62. The molecule has 0 saturated heterocycles. The van der Waals surface area contributed by atoms with Crippen molar-refractivity contribution in [2.75, 3.05) is 25.6 Å². The van der Waals surface area contributed by atoms with Crippen LogP contribution >= 0.6 is 0 Å². The summed E-state index contributed by atoms with van der Waals surface area (Å²) in [6, 6.07) is 4.90. The van der Waals surface area contributed by atoms with Crippen LogP contribution in [0.25, 0.3) is 0 Å². The van der Waals surface area contributed by atoms with Gasteiger partial charge in [-0.2, -0.15) is 0 Å². The number of nitrogens with zero attached hydrogens (tertiary/aromatic N) is 1. The molecule has 1 aromatic rings. The minimum atomic E-state index is -3.46. The van der Waals surface area contributed by atoms with E-state index < -0.39 is 10.0 Å². The molecule has 1 saturated carbocycles. The molecular formula is C15H20N2O4S. The van der Waals surface area contributed by atoms with Crippen molar-refractivity contribution >= 4 is 21.6 Å². The predicted molar refractivity (Wildman–Crippen MR) is 82.3 cm³/mol. The van der Waals surface area contributed by atoms with Gasteiger partial charge < -0.3 is 9.64 Å². The lowest BCUT2D eigenvalue weighted by atomic mass is 10.1. The molecule has 1 unspecified atom stereocenters. The molecule has 1 aromatic carbocycles. The van der Waals surface area contributed by atoms with Crippen LogP contribution in [-0.2, 0) is 26.0 Å². The Kier molecular flexibility index (Phi) is 3.96. The first-order valence-corrected chi connectivity index (χ1v) is 8.87. The Morgan fingerprint density at radius 2 is 2.14 bits per heavy atom. The zero-order valence-electron chi connectivity index (χ0n) is 12.7. The number of anilines is 1. The summed E-state index contributed by atoms with van der Waals surface area (Å²) < 4.78 is 31.4. The molecule has 0 spiro atoms. The monoisotopic (exact) mass is 324 g/mol. The number of amides is 1. The van der Waals surface area contributed by atoms with Crippen molar-refractivity contribution in [3.05, 3.63) is 23.8 Å². The number of methoxy groups -OCH3 is 1. The molecule has 1 fully saturated rings. The minimum Gasteiger partial charge on any atom is -0.371 e. The summed E-state index contributed by atoms with van der Waals surface area (Å²) in [6.45, 7) is 0.573. The molecular weight excluding hydrogens is 304 g/mol. The Morgan fingerprint density at radius 1 is 1.41 bits per heavy atom. The van der Waals surface area contributed by atoms with Crippen molar-refractivity contribution in [2.24, 2.45) is 5.92 Å². The van der Waals surface area contributed by atoms with E-state index in [4.69, 9.17) is 4.74 Å². The summed E-state index contributed by atoms with van der Waals surface area (Å²) in [6.07, 6.45) is 2.34. The summed E-state index contributed by atoms with van der Waals surface area (Å²) >= 11 is 0. The van der Waals surface area contributed by atoms with Crippen molar-refractivity contribution in [3.63, 3.8) is 0 Å². The van der Waals surface area contributed by atoms with Crippen LogP contribution in [0, 0.1) is 5.92 Å². The number of fused-ring (bicyclic) bond motifs is 1. The van der Waals surface area contributed by atoms with Gasteiger partial charge >= 0.3 is 0 Å². The lowest BCUT2D eigenvalue weighted by Gasteiger charge is -2.23. The summed E-state index contributed by atoms with van der Waals surface area (Å²) in [5.41, 5.74) is 1.68. The highest BCUT2D eigenvalue weighted by Gasteiger charge is 2.40. The lowest BCUT2D eigenvalue weighted by Crippen LogP contribution is -2.40. The van der Waals surface area contributed by atoms with Gasteiger partial charge in [-0.1, -0.05) is 0 Å². The van der Waals surface area contributed by atoms with E-state index in [9.17, 15) is 13.2 Å². The Labute approximate surface area is 130 Å². The van der Waals surface area contributed by atoms with Crippen molar-refractivity contribution in [1.82, 2.24) is 4.72 Å². The fourth-order valence-electron chi connectivity index (χ4n) is 2.94. The smallest absolute Gasteiger partial charge is 0.256 e. The molecule has 3 rings (SSSR count). The first kappa shape index (κ1) is 15.5. The van der Waals surface area contributed by atoms with Gasteiger partial charge in [0.2, 0.25) is 10.0 Å². The molecule has 0 bridgehead atoms. The van der Waals surface area contributed by atoms with E-state index in [0.717, 1.165) is 24.1 Å². The van der Waals surface area contributed by atoms with Crippen LogP contribution in [0.4, 0.5) is 5.69 Å². The zero-order chi connectivity index (χ0) is 15.9. The Morgan fingerprint density at radius 3 is 2.73 bits per heavy atom. The molecule has 1 atom stereocenters. The molecule has 7 heteroatoms. The number of rotatable bonds is 5. The molecule has 1 N–H and O–H groups in total. The molecule has 2 aliphatic rings. The Bertz CT molecular complexity index is 697. The summed E-state index contributed by atoms with van der Waals surface area (Å²) in [4.78, 5) is 14.6. The lowest BCUT2D eigenvalue weighted by molar-refractivity contribution is -0.129. The minimum absolute atomic E-state index is 0.0204. The molecule has 1 aliphatic carbocycles. The number of carbonyl (C=O) groups is 1. The van der Waals surface area contributed by atoms with E-state index in [1.165, 1.54) is 13.1 Å². The number of ether oxygens (including phenoxy) is 1. The molecule has 22 heavy (non-hydrogen) atoms. The highest BCUT2D eigenvalue weighted by atomic mass is 32.2. The molecule has 1 aliphatic heterocycles. The highest BCUT2D eigenvalue weighted by molar-refractivity contribution is 7.89. The van der Waals surface area contributed by atoms with Gasteiger partial charge in [0, 0.05) is 19.3 Å². The van der Waals surface area contributed by atoms with Crippen molar-refractivity contribution < 1.29 is 17.9 Å². The maximum Gasteiger partial charge on any atom is 0.256 e. The number of hydrogen-bond acceptors (Lipinski definition) is 4. The van der Waals surface area contributed by atoms with E-state index in [1.54, 1.807) is 24.1 Å². The average Bonchev–Trinajstić information content (AvgIpc) is 3.25. The van der Waals surface area contributed by atoms with Crippen molar-refractivity contribution in [2.45, 2.75) is 30.3 Å². The van der Waals surface area contributed by atoms with Crippen molar-refractivity contribution in [3.8, 4) is 0 Å². The van der Waals surface area contributed by atoms with Crippen LogP contribution in [0.3, 0.4) is 0 Å². The topological polar surface area (TPSA) is 75.7 Å². The zero-order valence-corrected chi connectivity index (χ0v) is 13.5. The van der Waals surface area contributed by atoms with Crippen LogP contribution in [0.5, 0.6) is 0 Å². The van der Waals surface area contributed by atoms with Gasteiger partial charge in [0.1, 0.15) is 6.10 Å². The quantitative estimate of drug-likeness (QED) is 0.873. The van der Waals surface area contributed by atoms with E-state index in [-0.39, 0.29) is 16.9 Å². The van der Waals surface area contributed by atoms with Crippen LogP contribution in [0.1, 0.15) is 18.4 Å². The molecule has 1 heterocycles. The second kappa shape index (κ2) is 5.64. The van der Waals surface area contributed by atoms with Gasteiger partial charge in [-0.15, -0.1) is 0 Å². The van der Waals surface area contributed by atoms with Gasteiger partial charge in [0.05, 0.1) is 4.90 Å². The maximum absolute atomic E-state index is 12.6. The molecule has 6 nitrogen and oxygen atoms in total. The average molecular weight is 324 g/mol. The number of sulfonamides is 1. The Hall–Kier alpha value is -1.44. The fourth-order valence-corrected chi connectivity index (χ4v) is 3.72. The van der Waals surface area contributed by atoms with Crippen LogP contribution in [0.15, 0.2) is 23.1 Å². The maximum atomic E-state index is 12.6. The summed E-state index contributed by atoms with van der Waals surface area (Å²) in [5.74, 6) is 0.304. The van der Waals surface area contributed by atoms with Gasteiger partial charge in [-0.3, -0.25) is 4.79 Å². The van der Waals surface area contributed by atoms with Gasteiger partial charge in [0.25, 0.3) is 5.91 Å². The highest BCUT2D eigenvalue weighted by Crippen LogP contribution is 2.37. The summed E-state index contributed by atoms with van der Waals surface area (Å²) in [7, 11) is -0.504. The first-order chi connectivity index (χ1) is 10.5. The van der Waals surface area contributed by atoms with E-state index >= 15 is 0 Å². The second-order valence-electron chi connectivity index (χ2n) is 5.73. The Balaban J connectivity index is 1.87. The van der Waals surface area contributed by atoms with Gasteiger partial charge in [-0.05, 0) is 56.0 Å². The van der Waals surface area contributed by atoms with Gasteiger partial charge in [-0.25, -0.2) is 13.1 Å². The molecule has 0 radical (unpaired) electrons. The molecule has 0 aromatic heterocycles. The third-order valence-electron chi connectivity index (χ3n) is 4.34. The number of nitrogens with one attached hydrogen (secondary N) is 1. The van der Waals surface area contributed by atoms with Crippen LogP contribution < -0.4 is 9.62 Å². The number of hydrogen-bond donors (Lipinski definition) is 1. The molecule has 1 amide bonds. The third-order valence-corrected chi connectivity index (χ3v) is 5.75. The number of carbonyl (C=O) groups excluding carboxylic acids is 1. The van der Waals surface area contributed by atoms with Crippen molar-refractivity contribution in [1.29, 1.82) is 0 Å². The van der Waals surface area contributed by atoms with Crippen LogP contribution in [0.2, 0.25) is 0 Å². The van der Waals surface area contributed by atoms with Crippen LogP contribution in [-0.4, -0.2) is 41.1 Å².